The van der Waals surface area contributed by atoms with E-state index in [4.69, 9.17) is 4.74 Å². The van der Waals surface area contributed by atoms with Gasteiger partial charge in [-0.25, -0.2) is 0 Å². The van der Waals surface area contributed by atoms with Crippen LogP contribution in [-0.2, 0) is 11.8 Å². The molecule has 2 heteroatoms. The van der Waals surface area contributed by atoms with Gasteiger partial charge in [0.15, 0.2) is 0 Å². The Morgan fingerprint density at radius 2 is 2.40 bits per heavy atom. The number of fused-ring (bicyclic) bond motifs is 1. The largest absolute Gasteiger partial charge is 0.492 e. The van der Waals surface area contributed by atoms with Crippen molar-refractivity contribution in [2.24, 2.45) is 0 Å². The Kier molecular flexibility index (Phi) is 1.39. The number of piperidine rings is 1. The first kappa shape index (κ1) is 8.17. The van der Waals surface area contributed by atoms with Crippen LogP contribution < -0.4 is 10.1 Å². The van der Waals surface area contributed by atoms with Crippen molar-refractivity contribution in [3.63, 3.8) is 0 Å². The first-order valence-corrected chi connectivity index (χ1v) is 5.86. The Balaban J connectivity index is 1.99. The summed E-state index contributed by atoms with van der Waals surface area (Å²) in [4.78, 5) is 0. The molecule has 3 aliphatic rings. The number of benzene rings is 1. The number of nitrogens with one attached hydrogen (secondary N) is 1. The Bertz CT molecular complexity index is 425. The van der Waals surface area contributed by atoms with Crippen molar-refractivity contribution in [3.8, 4) is 5.75 Å². The second-order valence-corrected chi connectivity index (χ2v) is 5.17. The molecule has 2 aliphatic heterocycles. The van der Waals surface area contributed by atoms with E-state index in [0.29, 0.717) is 11.5 Å². The van der Waals surface area contributed by atoms with E-state index in [1.165, 1.54) is 24.8 Å². The molecule has 1 aromatic rings. The second kappa shape index (κ2) is 2.56. The summed E-state index contributed by atoms with van der Waals surface area (Å²) in [5.41, 5.74) is 3.43. The third kappa shape index (κ3) is 0.932. The van der Waals surface area contributed by atoms with E-state index >= 15 is 0 Å². The van der Waals surface area contributed by atoms with E-state index in [-0.39, 0.29) is 0 Å². The average molecular weight is 201 g/mol. The number of ether oxygens (including phenoxy) is 1. The molecule has 2 nitrogen and oxygen atoms in total. The molecule has 0 amide bonds. The first-order valence-electron chi connectivity index (χ1n) is 5.86. The zero-order chi connectivity index (χ0) is 9.88. The van der Waals surface area contributed by atoms with Crippen LogP contribution >= 0.6 is 0 Å². The van der Waals surface area contributed by atoms with Crippen LogP contribution in [0.2, 0.25) is 0 Å². The Hall–Kier alpha value is -1.02. The van der Waals surface area contributed by atoms with Gasteiger partial charge in [0.25, 0.3) is 0 Å². The van der Waals surface area contributed by atoms with E-state index in [1.807, 2.05) is 0 Å². The minimum Gasteiger partial charge on any atom is -0.492 e. The van der Waals surface area contributed by atoms with Crippen molar-refractivity contribution in [3.05, 3.63) is 29.3 Å². The van der Waals surface area contributed by atoms with Crippen LogP contribution in [-0.4, -0.2) is 19.2 Å². The van der Waals surface area contributed by atoms with Crippen LogP contribution in [0, 0.1) is 0 Å². The predicted molar refractivity (Wildman–Crippen MR) is 58.3 cm³/mol. The Morgan fingerprint density at radius 1 is 1.40 bits per heavy atom. The van der Waals surface area contributed by atoms with Crippen LogP contribution in [0.1, 0.15) is 24.0 Å². The van der Waals surface area contributed by atoms with Gasteiger partial charge in [-0.2, -0.15) is 0 Å². The van der Waals surface area contributed by atoms with Gasteiger partial charge < -0.3 is 10.1 Å². The molecule has 2 atom stereocenters. The highest BCUT2D eigenvalue weighted by atomic mass is 16.5. The molecule has 1 N–H and O–H groups in total. The summed E-state index contributed by atoms with van der Waals surface area (Å²) in [5, 5.41) is 3.62. The SMILES string of the molecule is c1cc2c3c(c1)OCC31CCNC(C2)C1. The highest BCUT2D eigenvalue weighted by molar-refractivity contribution is 5.51. The van der Waals surface area contributed by atoms with Crippen molar-refractivity contribution in [1.29, 1.82) is 0 Å². The van der Waals surface area contributed by atoms with Gasteiger partial charge in [0.2, 0.25) is 0 Å². The topological polar surface area (TPSA) is 21.3 Å². The minimum absolute atomic E-state index is 0.361. The van der Waals surface area contributed by atoms with E-state index in [1.54, 1.807) is 5.56 Å². The predicted octanol–water partition coefficient (Wildman–Crippen LogP) is 1.62. The van der Waals surface area contributed by atoms with Crippen molar-refractivity contribution < 1.29 is 4.74 Å². The molecule has 4 rings (SSSR count). The Morgan fingerprint density at radius 3 is 3.40 bits per heavy atom. The molecule has 1 fully saturated rings. The van der Waals surface area contributed by atoms with E-state index in [2.05, 4.69) is 23.5 Å². The molecule has 0 saturated carbocycles. The zero-order valence-electron chi connectivity index (χ0n) is 8.75. The summed E-state index contributed by atoms with van der Waals surface area (Å²) >= 11 is 0. The van der Waals surface area contributed by atoms with Crippen LogP contribution in [0.3, 0.4) is 0 Å². The lowest BCUT2D eigenvalue weighted by atomic mass is 9.66. The van der Waals surface area contributed by atoms with E-state index in [0.717, 1.165) is 18.9 Å². The lowest BCUT2D eigenvalue weighted by molar-refractivity contribution is 0.182. The van der Waals surface area contributed by atoms with Crippen molar-refractivity contribution in [2.45, 2.75) is 30.7 Å². The van der Waals surface area contributed by atoms with Gasteiger partial charge in [0.1, 0.15) is 5.75 Å². The van der Waals surface area contributed by atoms with Gasteiger partial charge in [-0.15, -0.1) is 0 Å². The summed E-state index contributed by atoms with van der Waals surface area (Å²) < 4.78 is 5.87. The van der Waals surface area contributed by atoms with E-state index in [9.17, 15) is 0 Å². The summed E-state index contributed by atoms with van der Waals surface area (Å²) in [6.45, 7) is 2.07. The summed E-state index contributed by atoms with van der Waals surface area (Å²) in [7, 11) is 0. The molecule has 2 unspecified atom stereocenters. The summed E-state index contributed by atoms with van der Waals surface area (Å²) in [5.74, 6) is 1.16. The fraction of sp³-hybridized carbons (Fsp3) is 0.538. The quantitative estimate of drug-likeness (QED) is 0.688. The summed E-state index contributed by atoms with van der Waals surface area (Å²) in [6.07, 6.45) is 3.71. The molecule has 15 heavy (non-hydrogen) atoms. The first-order chi connectivity index (χ1) is 7.37. The second-order valence-electron chi connectivity index (χ2n) is 5.17. The van der Waals surface area contributed by atoms with Crippen molar-refractivity contribution in [1.82, 2.24) is 5.32 Å². The van der Waals surface area contributed by atoms with Crippen LogP contribution in [0.15, 0.2) is 18.2 Å². The number of hydrogen-bond acceptors (Lipinski definition) is 2. The van der Waals surface area contributed by atoms with Gasteiger partial charge in [-0.3, -0.25) is 0 Å². The third-order valence-electron chi connectivity index (χ3n) is 4.29. The molecular weight excluding hydrogens is 186 g/mol. The molecule has 0 aromatic heterocycles. The molecule has 1 aliphatic carbocycles. The number of rotatable bonds is 0. The van der Waals surface area contributed by atoms with E-state index < -0.39 is 0 Å². The fourth-order valence-corrected chi connectivity index (χ4v) is 3.69. The maximum absolute atomic E-state index is 5.87. The lowest BCUT2D eigenvalue weighted by Gasteiger charge is -2.43. The van der Waals surface area contributed by atoms with Gasteiger partial charge in [-0.1, -0.05) is 12.1 Å². The zero-order valence-corrected chi connectivity index (χ0v) is 8.75. The number of hydrogen-bond donors (Lipinski definition) is 1. The van der Waals surface area contributed by atoms with Gasteiger partial charge in [-0.05, 0) is 37.4 Å². The van der Waals surface area contributed by atoms with Gasteiger partial charge >= 0.3 is 0 Å². The molecule has 2 bridgehead atoms. The van der Waals surface area contributed by atoms with Gasteiger partial charge in [0.05, 0.1) is 6.61 Å². The highest BCUT2D eigenvalue weighted by Gasteiger charge is 2.48. The minimum atomic E-state index is 0.361. The van der Waals surface area contributed by atoms with Crippen LogP contribution in [0.25, 0.3) is 0 Å². The van der Waals surface area contributed by atoms with Crippen LogP contribution in [0.4, 0.5) is 0 Å². The molecule has 1 spiro atoms. The maximum atomic E-state index is 5.87. The molecule has 0 radical (unpaired) electrons. The molecule has 2 heterocycles. The molecule has 1 saturated heterocycles. The standard InChI is InChI=1S/C13H15NO/c1-2-9-6-10-7-13(4-5-14-10)8-15-11(3-1)12(9)13/h1-3,10,14H,4-8H2. The maximum Gasteiger partial charge on any atom is 0.123 e. The normalized spacial score (nSPS) is 35.9. The van der Waals surface area contributed by atoms with Gasteiger partial charge in [0, 0.05) is 17.0 Å². The molecule has 1 aromatic carbocycles. The lowest BCUT2D eigenvalue weighted by Crippen LogP contribution is -2.51. The highest BCUT2D eigenvalue weighted by Crippen LogP contribution is 2.50. The average Bonchev–Trinajstić information content (AvgIpc) is 2.59. The van der Waals surface area contributed by atoms with Crippen LogP contribution in [0.5, 0.6) is 5.75 Å². The molecule has 78 valence electrons. The smallest absolute Gasteiger partial charge is 0.123 e. The fourth-order valence-electron chi connectivity index (χ4n) is 3.69. The monoisotopic (exact) mass is 201 g/mol. The van der Waals surface area contributed by atoms with Crippen molar-refractivity contribution >= 4 is 0 Å². The third-order valence-corrected chi connectivity index (χ3v) is 4.29. The molecular formula is C13H15NO. The Labute approximate surface area is 89.6 Å². The summed E-state index contributed by atoms with van der Waals surface area (Å²) in [6, 6.07) is 7.23. The van der Waals surface area contributed by atoms with Crippen molar-refractivity contribution in [2.75, 3.05) is 13.2 Å².